The summed E-state index contributed by atoms with van der Waals surface area (Å²) < 4.78 is 41.3. The van der Waals surface area contributed by atoms with Crippen molar-refractivity contribution in [2.24, 2.45) is 4.99 Å². The molecule has 6 nitrogen and oxygen atoms in total. The monoisotopic (exact) mass is 419 g/mol. The topological polar surface area (TPSA) is 74.3 Å². The van der Waals surface area contributed by atoms with Crippen LogP contribution in [0.15, 0.2) is 53.5 Å². The fraction of sp³-hybridized carbons (Fsp3) is 0.333. The molecule has 1 aromatic heterocycles. The van der Waals surface area contributed by atoms with Crippen LogP contribution in [0.4, 0.5) is 13.2 Å². The minimum Gasteiger partial charge on any atom is -0.484 e. The predicted molar refractivity (Wildman–Crippen MR) is 111 cm³/mol. The summed E-state index contributed by atoms with van der Waals surface area (Å²) in [6.45, 7) is 2.42. The lowest BCUT2D eigenvalue weighted by molar-refractivity contribution is -0.153. The molecule has 0 unspecified atom stereocenters. The van der Waals surface area contributed by atoms with E-state index in [0.717, 1.165) is 22.4 Å². The SMILES string of the molecule is CCNC(=NCc1ccc(OCC(F)(F)F)cc1)NCCc1nc2ccccc2[nH]1. The first-order valence-corrected chi connectivity index (χ1v) is 9.67. The Labute approximate surface area is 172 Å². The molecule has 1 heterocycles. The number of nitrogens with zero attached hydrogens (tertiary/aromatic N) is 2. The summed E-state index contributed by atoms with van der Waals surface area (Å²) in [7, 11) is 0. The van der Waals surface area contributed by atoms with Gasteiger partial charge in [0.2, 0.25) is 0 Å². The molecule has 3 N–H and O–H groups in total. The molecule has 0 aliphatic heterocycles. The summed E-state index contributed by atoms with van der Waals surface area (Å²) in [6, 6.07) is 14.3. The molecule has 0 amide bonds. The standard InChI is InChI=1S/C21H24F3N5O/c1-2-25-20(26-12-11-19-28-17-5-3-4-6-18(17)29-19)27-13-15-7-9-16(10-8-15)30-14-21(22,23)24/h3-10H,2,11-14H2,1H3,(H,28,29)(H2,25,26,27). The fourth-order valence-corrected chi connectivity index (χ4v) is 2.79. The number of guanidine groups is 1. The van der Waals surface area contributed by atoms with Crippen molar-refractivity contribution in [2.45, 2.75) is 26.1 Å². The van der Waals surface area contributed by atoms with Crippen LogP contribution in [-0.4, -0.2) is 41.8 Å². The van der Waals surface area contributed by atoms with Gasteiger partial charge in [0.05, 0.1) is 17.6 Å². The van der Waals surface area contributed by atoms with Gasteiger partial charge in [0, 0.05) is 19.5 Å². The number of aromatic nitrogens is 2. The van der Waals surface area contributed by atoms with Crippen LogP contribution in [0.3, 0.4) is 0 Å². The maximum Gasteiger partial charge on any atom is 0.422 e. The van der Waals surface area contributed by atoms with Gasteiger partial charge in [-0.05, 0) is 36.8 Å². The number of alkyl halides is 3. The van der Waals surface area contributed by atoms with Crippen molar-refractivity contribution in [3.05, 3.63) is 59.9 Å². The Balaban J connectivity index is 1.51. The average molecular weight is 419 g/mol. The van der Waals surface area contributed by atoms with Gasteiger partial charge in [-0.2, -0.15) is 13.2 Å². The second-order valence-corrected chi connectivity index (χ2v) is 6.62. The molecule has 0 radical (unpaired) electrons. The number of hydrogen-bond acceptors (Lipinski definition) is 3. The summed E-state index contributed by atoms with van der Waals surface area (Å²) >= 11 is 0. The lowest BCUT2D eigenvalue weighted by Crippen LogP contribution is -2.38. The highest BCUT2D eigenvalue weighted by Gasteiger charge is 2.28. The van der Waals surface area contributed by atoms with Gasteiger partial charge >= 0.3 is 6.18 Å². The minimum atomic E-state index is -4.35. The van der Waals surface area contributed by atoms with E-state index in [4.69, 9.17) is 4.74 Å². The summed E-state index contributed by atoms with van der Waals surface area (Å²) in [5.41, 5.74) is 2.82. The van der Waals surface area contributed by atoms with E-state index in [0.29, 0.717) is 32.0 Å². The molecule has 160 valence electrons. The molecular formula is C21H24F3N5O. The van der Waals surface area contributed by atoms with Gasteiger partial charge in [0.25, 0.3) is 0 Å². The van der Waals surface area contributed by atoms with E-state index in [1.54, 1.807) is 12.1 Å². The number of hydrogen-bond donors (Lipinski definition) is 3. The lowest BCUT2D eigenvalue weighted by atomic mass is 10.2. The first kappa shape index (κ1) is 21.5. The number of aromatic amines is 1. The zero-order chi connectivity index (χ0) is 21.4. The highest BCUT2D eigenvalue weighted by Crippen LogP contribution is 2.19. The first-order chi connectivity index (χ1) is 14.4. The van der Waals surface area contributed by atoms with E-state index in [2.05, 4.69) is 25.6 Å². The molecule has 2 aromatic carbocycles. The van der Waals surface area contributed by atoms with Gasteiger partial charge in [-0.3, -0.25) is 0 Å². The highest BCUT2D eigenvalue weighted by atomic mass is 19.4. The third-order valence-electron chi connectivity index (χ3n) is 4.18. The van der Waals surface area contributed by atoms with E-state index in [1.165, 1.54) is 12.1 Å². The van der Waals surface area contributed by atoms with E-state index < -0.39 is 12.8 Å². The number of aliphatic imine (C=N–C) groups is 1. The van der Waals surface area contributed by atoms with Crippen LogP contribution < -0.4 is 15.4 Å². The number of rotatable bonds is 8. The molecule has 0 spiro atoms. The number of imidazole rings is 1. The summed E-state index contributed by atoms with van der Waals surface area (Å²) in [6.07, 6.45) is -3.64. The van der Waals surface area contributed by atoms with Crippen LogP contribution in [-0.2, 0) is 13.0 Å². The molecule has 0 atom stereocenters. The van der Waals surface area contributed by atoms with Crippen molar-refractivity contribution in [1.29, 1.82) is 0 Å². The first-order valence-electron chi connectivity index (χ1n) is 9.67. The van der Waals surface area contributed by atoms with Crippen molar-refractivity contribution >= 4 is 17.0 Å². The summed E-state index contributed by atoms with van der Waals surface area (Å²) in [4.78, 5) is 12.4. The van der Waals surface area contributed by atoms with E-state index in [1.807, 2.05) is 31.2 Å². The summed E-state index contributed by atoms with van der Waals surface area (Å²) in [5.74, 6) is 1.73. The van der Waals surface area contributed by atoms with Gasteiger partial charge in [-0.15, -0.1) is 0 Å². The van der Waals surface area contributed by atoms with E-state index >= 15 is 0 Å². The van der Waals surface area contributed by atoms with Gasteiger partial charge in [-0.25, -0.2) is 9.98 Å². The zero-order valence-corrected chi connectivity index (χ0v) is 16.6. The normalized spacial score (nSPS) is 12.2. The number of ether oxygens (including phenoxy) is 1. The smallest absolute Gasteiger partial charge is 0.422 e. The van der Waals surface area contributed by atoms with E-state index in [-0.39, 0.29) is 5.75 Å². The lowest BCUT2D eigenvalue weighted by Gasteiger charge is -2.11. The predicted octanol–water partition coefficient (Wildman–Crippen LogP) is 3.80. The molecule has 9 heteroatoms. The van der Waals surface area contributed by atoms with Gasteiger partial charge < -0.3 is 20.4 Å². The van der Waals surface area contributed by atoms with Crippen molar-refractivity contribution in [1.82, 2.24) is 20.6 Å². The van der Waals surface area contributed by atoms with Crippen LogP contribution in [0.1, 0.15) is 18.3 Å². The zero-order valence-electron chi connectivity index (χ0n) is 16.6. The van der Waals surface area contributed by atoms with Crippen molar-refractivity contribution in [2.75, 3.05) is 19.7 Å². The third kappa shape index (κ3) is 6.68. The van der Waals surface area contributed by atoms with Crippen LogP contribution in [0.2, 0.25) is 0 Å². The Kier molecular flexibility index (Phi) is 7.16. The Bertz CT molecular complexity index is 934. The molecule has 0 aliphatic rings. The fourth-order valence-electron chi connectivity index (χ4n) is 2.79. The van der Waals surface area contributed by atoms with Gasteiger partial charge in [0.1, 0.15) is 11.6 Å². The maximum absolute atomic E-state index is 12.2. The third-order valence-corrected chi connectivity index (χ3v) is 4.18. The van der Waals surface area contributed by atoms with Crippen molar-refractivity contribution in [3.63, 3.8) is 0 Å². The van der Waals surface area contributed by atoms with Crippen molar-refractivity contribution in [3.8, 4) is 5.75 Å². The highest BCUT2D eigenvalue weighted by molar-refractivity contribution is 5.79. The molecular weight excluding hydrogens is 395 g/mol. The molecule has 0 fully saturated rings. The quantitative estimate of drug-likeness (QED) is 0.384. The van der Waals surface area contributed by atoms with Crippen LogP contribution in [0.5, 0.6) is 5.75 Å². The van der Waals surface area contributed by atoms with Crippen LogP contribution in [0, 0.1) is 0 Å². The Morgan fingerprint density at radius 2 is 1.87 bits per heavy atom. The van der Waals surface area contributed by atoms with Crippen molar-refractivity contribution < 1.29 is 17.9 Å². The minimum absolute atomic E-state index is 0.177. The van der Waals surface area contributed by atoms with E-state index in [9.17, 15) is 13.2 Å². The van der Waals surface area contributed by atoms with Crippen LogP contribution in [0.25, 0.3) is 11.0 Å². The average Bonchev–Trinajstić information content (AvgIpc) is 3.13. The largest absolute Gasteiger partial charge is 0.484 e. The molecule has 0 bridgehead atoms. The number of halogens is 3. The number of benzene rings is 2. The number of para-hydroxylation sites is 2. The second-order valence-electron chi connectivity index (χ2n) is 6.62. The van der Waals surface area contributed by atoms with Gasteiger partial charge in [-0.1, -0.05) is 24.3 Å². The number of fused-ring (bicyclic) bond motifs is 1. The Morgan fingerprint density at radius 3 is 2.57 bits per heavy atom. The molecule has 0 aliphatic carbocycles. The number of nitrogens with one attached hydrogen (secondary N) is 3. The Morgan fingerprint density at radius 1 is 1.10 bits per heavy atom. The Hall–Kier alpha value is -3.23. The molecule has 0 saturated heterocycles. The molecule has 30 heavy (non-hydrogen) atoms. The molecule has 3 aromatic rings. The molecule has 0 saturated carbocycles. The second kappa shape index (κ2) is 10.00. The maximum atomic E-state index is 12.2. The molecule has 3 rings (SSSR count). The van der Waals surface area contributed by atoms with Gasteiger partial charge in [0.15, 0.2) is 12.6 Å². The number of H-pyrrole nitrogens is 1. The summed E-state index contributed by atoms with van der Waals surface area (Å²) in [5, 5.41) is 6.43. The van der Waals surface area contributed by atoms with Crippen LogP contribution >= 0.6 is 0 Å².